The Hall–Kier alpha value is -2.97. The zero-order valence-electron chi connectivity index (χ0n) is 17.5. The molecule has 10 heteroatoms. The molecule has 2 aromatic carbocycles. The zero-order chi connectivity index (χ0) is 22.6. The van der Waals surface area contributed by atoms with Crippen LogP contribution in [-0.4, -0.2) is 71.2 Å². The summed E-state index contributed by atoms with van der Waals surface area (Å²) in [6, 6.07) is 13.2. The number of amides is 1. The van der Waals surface area contributed by atoms with Crippen LogP contribution < -0.4 is 10.2 Å². The lowest BCUT2D eigenvalue weighted by atomic mass is 10.1. The number of anilines is 2. The molecule has 0 aliphatic carbocycles. The van der Waals surface area contributed by atoms with Gasteiger partial charge in [-0.05, 0) is 42.5 Å². The SMILES string of the molecule is N#Cc1ccc(NC(=O)c2cc(S(=O)(=O)N3CCOCC3)ccc2N2CCOCC2)cc1. The third kappa shape index (κ3) is 4.76. The highest BCUT2D eigenvalue weighted by molar-refractivity contribution is 7.89. The van der Waals surface area contributed by atoms with Gasteiger partial charge in [0.2, 0.25) is 10.0 Å². The minimum absolute atomic E-state index is 0.0707. The molecule has 1 N–H and O–H groups in total. The molecule has 0 spiro atoms. The van der Waals surface area contributed by atoms with Crippen molar-refractivity contribution in [1.29, 1.82) is 5.26 Å². The quantitative estimate of drug-likeness (QED) is 0.728. The number of rotatable bonds is 5. The monoisotopic (exact) mass is 456 g/mol. The minimum Gasteiger partial charge on any atom is -0.379 e. The van der Waals surface area contributed by atoms with Crippen molar-refractivity contribution >= 4 is 27.3 Å². The van der Waals surface area contributed by atoms with Crippen LogP contribution >= 0.6 is 0 Å². The highest BCUT2D eigenvalue weighted by Gasteiger charge is 2.29. The van der Waals surface area contributed by atoms with Gasteiger partial charge in [-0.3, -0.25) is 4.79 Å². The number of hydrogen-bond acceptors (Lipinski definition) is 7. The van der Waals surface area contributed by atoms with Gasteiger partial charge < -0.3 is 19.7 Å². The predicted molar refractivity (Wildman–Crippen MR) is 118 cm³/mol. The summed E-state index contributed by atoms with van der Waals surface area (Å²) in [4.78, 5) is 15.3. The number of nitrogens with one attached hydrogen (secondary N) is 1. The molecule has 0 bridgehead atoms. The van der Waals surface area contributed by atoms with Gasteiger partial charge in [0, 0.05) is 37.6 Å². The molecule has 2 aliphatic rings. The van der Waals surface area contributed by atoms with Crippen LogP contribution in [0.25, 0.3) is 0 Å². The van der Waals surface area contributed by atoms with Crippen molar-refractivity contribution in [3.8, 4) is 6.07 Å². The summed E-state index contributed by atoms with van der Waals surface area (Å²) in [5.74, 6) is -0.421. The number of nitriles is 1. The maximum atomic E-state index is 13.2. The van der Waals surface area contributed by atoms with Crippen LogP contribution in [0.4, 0.5) is 11.4 Å². The normalized spacial score (nSPS) is 17.5. The fraction of sp³-hybridized carbons (Fsp3) is 0.364. The maximum Gasteiger partial charge on any atom is 0.257 e. The molecule has 0 radical (unpaired) electrons. The highest BCUT2D eigenvalue weighted by Crippen LogP contribution is 2.28. The lowest BCUT2D eigenvalue weighted by Gasteiger charge is -2.31. The van der Waals surface area contributed by atoms with E-state index in [9.17, 15) is 13.2 Å². The van der Waals surface area contributed by atoms with Gasteiger partial charge in [-0.2, -0.15) is 9.57 Å². The van der Waals surface area contributed by atoms with Gasteiger partial charge in [0.1, 0.15) is 0 Å². The number of carbonyl (C=O) groups is 1. The van der Waals surface area contributed by atoms with E-state index in [4.69, 9.17) is 14.7 Å². The Morgan fingerprint density at radius 1 is 0.938 bits per heavy atom. The van der Waals surface area contributed by atoms with E-state index in [2.05, 4.69) is 5.32 Å². The Kier molecular flexibility index (Phi) is 6.72. The van der Waals surface area contributed by atoms with Crippen LogP contribution in [0.3, 0.4) is 0 Å². The van der Waals surface area contributed by atoms with Crippen molar-refractivity contribution in [2.75, 3.05) is 62.8 Å². The fourth-order valence-electron chi connectivity index (χ4n) is 3.70. The average molecular weight is 457 g/mol. The number of carbonyl (C=O) groups excluding carboxylic acids is 1. The van der Waals surface area contributed by atoms with E-state index in [1.54, 1.807) is 36.4 Å². The van der Waals surface area contributed by atoms with Gasteiger partial charge in [-0.15, -0.1) is 0 Å². The Morgan fingerprint density at radius 3 is 2.19 bits per heavy atom. The van der Waals surface area contributed by atoms with E-state index >= 15 is 0 Å². The first-order valence-electron chi connectivity index (χ1n) is 10.4. The summed E-state index contributed by atoms with van der Waals surface area (Å²) in [5, 5.41) is 11.8. The van der Waals surface area contributed by atoms with E-state index in [0.29, 0.717) is 56.5 Å². The Morgan fingerprint density at radius 2 is 1.56 bits per heavy atom. The second-order valence-corrected chi connectivity index (χ2v) is 9.38. The van der Waals surface area contributed by atoms with Gasteiger partial charge in [0.25, 0.3) is 5.91 Å². The Bertz CT molecular complexity index is 1120. The van der Waals surface area contributed by atoms with Crippen molar-refractivity contribution < 1.29 is 22.7 Å². The number of hydrogen-bond donors (Lipinski definition) is 1. The molecule has 2 fully saturated rings. The molecule has 2 heterocycles. The number of benzene rings is 2. The molecule has 0 aromatic heterocycles. The smallest absolute Gasteiger partial charge is 0.257 e. The lowest BCUT2D eigenvalue weighted by molar-refractivity contribution is 0.0730. The van der Waals surface area contributed by atoms with Crippen LogP contribution in [0.15, 0.2) is 47.4 Å². The molecule has 1 amide bonds. The molecule has 0 unspecified atom stereocenters. The van der Waals surface area contributed by atoms with E-state index in [1.807, 2.05) is 11.0 Å². The minimum atomic E-state index is -3.75. The van der Waals surface area contributed by atoms with Gasteiger partial charge in [-0.1, -0.05) is 0 Å². The van der Waals surface area contributed by atoms with E-state index in [1.165, 1.54) is 10.4 Å². The first kappa shape index (κ1) is 22.2. The molecule has 2 aliphatic heterocycles. The second-order valence-electron chi connectivity index (χ2n) is 7.44. The molecule has 0 saturated carbocycles. The molecule has 2 aromatic rings. The molecular weight excluding hydrogens is 432 g/mol. The average Bonchev–Trinajstić information content (AvgIpc) is 2.85. The van der Waals surface area contributed by atoms with Crippen LogP contribution in [0.2, 0.25) is 0 Å². The van der Waals surface area contributed by atoms with Crippen molar-refractivity contribution in [3.05, 3.63) is 53.6 Å². The summed E-state index contributed by atoms with van der Waals surface area (Å²) < 4.78 is 38.4. The number of morpholine rings is 2. The summed E-state index contributed by atoms with van der Waals surface area (Å²) in [7, 11) is -3.75. The second kappa shape index (κ2) is 9.67. The standard InChI is InChI=1S/C22H24N4O5S/c23-16-17-1-3-18(4-2-17)24-22(27)20-15-19(32(28,29)26-9-13-31-14-10-26)5-6-21(20)25-7-11-30-12-8-25/h1-6,15H,7-14H2,(H,24,27). The lowest BCUT2D eigenvalue weighted by Crippen LogP contribution is -2.41. The summed E-state index contributed by atoms with van der Waals surface area (Å²) in [6.07, 6.45) is 0. The van der Waals surface area contributed by atoms with Crippen molar-refractivity contribution in [2.45, 2.75) is 4.90 Å². The van der Waals surface area contributed by atoms with Gasteiger partial charge in [-0.25, -0.2) is 8.42 Å². The molecule has 32 heavy (non-hydrogen) atoms. The number of sulfonamides is 1. The highest BCUT2D eigenvalue weighted by atomic mass is 32.2. The summed E-state index contributed by atoms with van der Waals surface area (Å²) in [6.45, 7) is 3.52. The van der Waals surface area contributed by atoms with Crippen molar-refractivity contribution in [2.24, 2.45) is 0 Å². The molecule has 9 nitrogen and oxygen atoms in total. The number of ether oxygens (including phenoxy) is 2. The van der Waals surface area contributed by atoms with Gasteiger partial charge >= 0.3 is 0 Å². The van der Waals surface area contributed by atoms with E-state index in [-0.39, 0.29) is 23.5 Å². The molecular formula is C22H24N4O5S. The fourth-order valence-corrected chi connectivity index (χ4v) is 5.13. The van der Waals surface area contributed by atoms with Crippen LogP contribution in [0.1, 0.15) is 15.9 Å². The van der Waals surface area contributed by atoms with Crippen LogP contribution in [-0.2, 0) is 19.5 Å². The van der Waals surface area contributed by atoms with Gasteiger partial charge in [0.15, 0.2) is 0 Å². The van der Waals surface area contributed by atoms with Gasteiger partial charge in [0.05, 0.1) is 48.5 Å². The zero-order valence-corrected chi connectivity index (χ0v) is 18.3. The number of nitrogens with zero attached hydrogens (tertiary/aromatic N) is 3. The van der Waals surface area contributed by atoms with Crippen LogP contribution in [0.5, 0.6) is 0 Å². The molecule has 4 rings (SSSR count). The molecule has 2 saturated heterocycles. The molecule has 168 valence electrons. The van der Waals surface area contributed by atoms with Crippen LogP contribution in [0, 0.1) is 11.3 Å². The summed E-state index contributed by atoms with van der Waals surface area (Å²) in [5.41, 5.74) is 1.92. The predicted octanol–water partition coefficient (Wildman–Crippen LogP) is 1.67. The third-order valence-corrected chi connectivity index (χ3v) is 7.34. The van der Waals surface area contributed by atoms with E-state index in [0.717, 1.165) is 0 Å². The first-order valence-corrected chi connectivity index (χ1v) is 11.8. The third-order valence-electron chi connectivity index (χ3n) is 5.44. The maximum absolute atomic E-state index is 13.2. The Balaban J connectivity index is 1.68. The largest absolute Gasteiger partial charge is 0.379 e. The van der Waals surface area contributed by atoms with E-state index < -0.39 is 15.9 Å². The van der Waals surface area contributed by atoms with Crippen molar-refractivity contribution in [1.82, 2.24) is 4.31 Å². The topological polar surface area (TPSA) is 112 Å². The first-order chi connectivity index (χ1) is 15.5. The Labute approximate surface area is 187 Å². The summed E-state index contributed by atoms with van der Waals surface area (Å²) >= 11 is 0. The molecule has 0 atom stereocenters. The van der Waals surface area contributed by atoms with Crippen molar-refractivity contribution in [3.63, 3.8) is 0 Å².